The zero-order chi connectivity index (χ0) is 10.5. The first-order valence-electron chi connectivity index (χ1n) is 5.33. The Bertz CT molecular complexity index is 319. The summed E-state index contributed by atoms with van der Waals surface area (Å²) in [5, 5.41) is 0. The van der Waals surface area contributed by atoms with Crippen LogP contribution in [0.3, 0.4) is 0 Å². The molecule has 0 spiro atoms. The first-order valence-corrected chi connectivity index (χ1v) is 5.33. The normalized spacial score (nSPS) is 44.1. The lowest BCUT2D eigenvalue weighted by Gasteiger charge is -2.32. The van der Waals surface area contributed by atoms with Crippen molar-refractivity contribution in [2.24, 2.45) is 5.92 Å². The van der Waals surface area contributed by atoms with Crippen LogP contribution < -0.4 is 0 Å². The van der Waals surface area contributed by atoms with Gasteiger partial charge in [0, 0.05) is 0 Å². The van der Waals surface area contributed by atoms with Crippen LogP contribution in [0.2, 0.25) is 0 Å². The zero-order valence-corrected chi connectivity index (χ0v) is 8.64. The Morgan fingerprint density at radius 2 is 2.13 bits per heavy atom. The lowest BCUT2D eigenvalue weighted by atomic mass is 9.80. The maximum Gasteiger partial charge on any atom is 0.191 e. The minimum absolute atomic E-state index is 0.0618. The van der Waals surface area contributed by atoms with E-state index in [0.29, 0.717) is 13.2 Å². The summed E-state index contributed by atoms with van der Waals surface area (Å²) >= 11 is 0. The summed E-state index contributed by atoms with van der Waals surface area (Å²) in [6.45, 7) is 2.77. The van der Waals surface area contributed by atoms with Gasteiger partial charge in [-0.1, -0.05) is 6.08 Å². The Morgan fingerprint density at radius 1 is 1.40 bits per heavy atom. The van der Waals surface area contributed by atoms with Crippen LogP contribution in [0.15, 0.2) is 12.2 Å². The highest BCUT2D eigenvalue weighted by atomic mass is 16.7. The van der Waals surface area contributed by atoms with E-state index in [2.05, 4.69) is 0 Å². The quantitative estimate of drug-likeness (QED) is 0.628. The van der Waals surface area contributed by atoms with Crippen molar-refractivity contribution in [3.8, 4) is 0 Å². The molecule has 3 aliphatic heterocycles. The lowest BCUT2D eigenvalue weighted by molar-refractivity contribution is -0.179. The van der Waals surface area contributed by atoms with Crippen LogP contribution in [-0.2, 0) is 19.0 Å². The van der Waals surface area contributed by atoms with E-state index < -0.39 is 11.9 Å². The predicted octanol–water partition coefficient (Wildman–Crippen LogP) is 0.662. The topological polar surface area (TPSA) is 44.8 Å². The molecular formula is C11H14O4. The number of fused-ring (bicyclic) bond motifs is 2. The van der Waals surface area contributed by atoms with E-state index in [4.69, 9.17) is 14.2 Å². The van der Waals surface area contributed by atoms with Gasteiger partial charge in [0.15, 0.2) is 6.29 Å². The van der Waals surface area contributed by atoms with Gasteiger partial charge in [-0.05, 0) is 19.4 Å². The molecule has 0 N–H and O–H groups in total. The van der Waals surface area contributed by atoms with E-state index in [-0.39, 0.29) is 17.8 Å². The van der Waals surface area contributed by atoms with E-state index in [1.807, 2.05) is 12.2 Å². The van der Waals surface area contributed by atoms with Gasteiger partial charge >= 0.3 is 0 Å². The summed E-state index contributed by atoms with van der Waals surface area (Å²) in [6, 6.07) is 0. The standard InChI is InChI=1S/C11H14O4/c1-7(12)9-6-8-2-3-11(9,15-8)10-13-4-5-14-10/h2-3,8-10H,4-6H2,1H3/t8?,9?,11-/m0/s1. The van der Waals surface area contributed by atoms with E-state index in [0.717, 1.165) is 6.42 Å². The molecule has 4 nitrogen and oxygen atoms in total. The van der Waals surface area contributed by atoms with E-state index in [1.165, 1.54) is 0 Å². The lowest BCUT2D eigenvalue weighted by Crippen LogP contribution is -2.47. The number of ketones is 1. The average Bonchev–Trinajstić information content (AvgIpc) is 2.92. The Kier molecular flexibility index (Phi) is 1.99. The number of carbonyl (C=O) groups is 1. The molecule has 3 atom stereocenters. The maximum absolute atomic E-state index is 11.6. The van der Waals surface area contributed by atoms with Gasteiger partial charge in [-0.3, -0.25) is 4.79 Å². The summed E-state index contributed by atoms with van der Waals surface area (Å²) in [5.41, 5.74) is -0.646. The van der Waals surface area contributed by atoms with Crippen LogP contribution >= 0.6 is 0 Å². The van der Waals surface area contributed by atoms with Crippen LogP contribution in [-0.4, -0.2) is 37.0 Å². The van der Waals surface area contributed by atoms with Gasteiger partial charge in [-0.15, -0.1) is 0 Å². The largest absolute Gasteiger partial charge is 0.357 e. The van der Waals surface area contributed by atoms with E-state index in [9.17, 15) is 4.79 Å². The Balaban J connectivity index is 1.93. The Labute approximate surface area is 88.2 Å². The van der Waals surface area contributed by atoms with E-state index in [1.54, 1.807) is 6.92 Å². The van der Waals surface area contributed by atoms with Gasteiger partial charge in [0.25, 0.3) is 0 Å². The molecule has 15 heavy (non-hydrogen) atoms. The van der Waals surface area contributed by atoms with Crippen molar-refractivity contribution in [1.29, 1.82) is 0 Å². The maximum atomic E-state index is 11.6. The number of hydrogen-bond donors (Lipinski definition) is 0. The van der Waals surface area contributed by atoms with Crippen LogP contribution in [0.4, 0.5) is 0 Å². The molecule has 0 radical (unpaired) electrons. The number of rotatable bonds is 2. The van der Waals surface area contributed by atoms with Gasteiger partial charge in [0.2, 0.25) is 0 Å². The highest BCUT2D eigenvalue weighted by Crippen LogP contribution is 2.47. The fourth-order valence-corrected chi connectivity index (χ4v) is 2.74. The summed E-state index contributed by atoms with van der Waals surface area (Å²) in [7, 11) is 0. The van der Waals surface area contributed by atoms with E-state index >= 15 is 0 Å². The molecule has 2 unspecified atom stereocenters. The van der Waals surface area contributed by atoms with Gasteiger partial charge in [0.1, 0.15) is 11.4 Å². The predicted molar refractivity (Wildman–Crippen MR) is 51.2 cm³/mol. The molecule has 0 amide bonds. The second kappa shape index (κ2) is 3.14. The van der Waals surface area contributed by atoms with Crippen molar-refractivity contribution < 1.29 is 19.0 Å². The second-order valence-corrected chi connectivity index (χ2v) is 4.34. The highest BCUT2D eigenvalue weighted by Gasteiger charge is 2.58. The number of ether oxygens (including phenoxy) is 3. The van der Waals surface area contributed by atoms with Crippen LogP contribution in [0.25, 0.3) is 0 Å². The molecule has 82 valence electrons. The molecular weight excluding hydrogens is 196 g/mol. The Hall–Kier alpha value is -0.710. The van der Waals surface area contributed by atoms with Crippen LogP contribution in [0.5, 0.6) is 0 Å². The van der Waals surface area contributed by atoms with Crippen LogP contribution in [0, 0.1) is 5.92 Å². The minimum Gasteiger partial charge on any atom is -0.357 e. The van der Waals surface area contributed by atoms with Gasteiger partial charge < -0.3 is 14.2 Å². The third-order valence-electron chi connectivity index (χ3n) is 3.42. The monoisotopic (exact) mass is 210 g/mol. The third kappa shape index (κ3) is 1.22. The number of hydrogen-bond acceptors (Lipinski definition) is 4. The van der Waals surface area contributed by atoms with Crippen LogP contribution in [0.1, 0.15) is 13.3 Å². The molecule has 2 fully saturated rings. The fraction of sp³-hybridized carbons (Fsp3) is 0.727. The molecule has 0 aromatic rings. The van der Waals surface area contributed by atoms with Crippen molar-refractivity contribution in [2.75, 3.05) is 13.2 Å². The summed E-state index contributed by atoms with van der Waals surface area (Å²) in [4.78, 5) is 11.6. The Morgan fingerprint density at radius 3 is 2.73 bits per heavy atom. The van der Waals surface area contributed by atoms with Gasteiger partial charge in [-0.25, -0.2) is 0 Å². The summed E-state index contributed by atoms with van der Waals surface area (Å²) in [5.74, 6) is 0.0385. The molecule has 0 aromatic heterocycles. The molecule has 0 aromatic carbocycles. The highest BCUT2D eigenvalue weighted by molar-refractivity contribution is 5.81. The molecule has 4 heteroatoms. The SMILES string of the molecule is CC(=O)C1CC2C=C[C@]1(C1OCCO1)O2. The third-order valence-corrected chi connectivity index (χ3v) is 3.42. The molecule has 3 aliphatic rings. The average molecular weight is 210 g/mol. The zero-order valence-electron chi connectivity index (χ0n) is 8.64. The van der Waals surface area contributed by atoms with Gasteiger partial charge in [-0.2, -0.15) is 0 Å². The summed E-state index contributed by atoms with van der Waals surface area (Å²) < 4.78 is 16.8. The molecule has 2 saturated heterocycles. The fourth-order valence-electron chi connectivity index (χ4n) is 2.74. The van der Waals surface area contributed by atoms with Crippen molar-refractivity contribution in [3.05, 3.63) is 12.2 Å². The summed E-state index contributed by atoms with van der Waals surface area (Å²) in [6.07, 6.45) is 4.37. The van der Waals surface area contributed by atoms with Gasteiger partial charge in [0.05, 0.1) is 25.2 Å². The smallest absolute Gasteiger partial charge is 0.191 e. The molecule has 0 saturated carbocycles. The first kappa shape index (κ1) is 9.51. The number of carbonyl (C=O) groups excluding carboxylic acids is 1. The van der Waals surface area contributed by atoms with Crippen molar-refractivity contribution in [1.82, 2.24) is 0 Å². The molecule has 0 aliphatic carbocycles. The minimum atomic E-state index is -0.646. The van der Waals surface area contributed by atoms with Crippen molar-refractivity contribution in [3.63, 3.8) is 0 Å². The van der Waals surface area contributed by atoms with Crippen molar-refractivity contribution in [2.45, 2.75) is 31.3 Å². The van der Waals surface area contributed by atoms with Crippen molar-refractivity contribution >= 4 is 5.78 Å². The second-order valence-electron chi connectivity index (χ2n) is 4.34. The molecule has 3 heterocycles. The molecule has 3 rings (SSSR count). The first-order chi connectivity index (χ1) is 7.22. The number of Topliss-reactive ketones (excluding diaryl/α,β-unsaturated/α-hetero) is 1. The molecule has 2 bridgehead atoms.